The second kappa shape index (κ2) is 4.70. The first-order chi connectivity index (χ1) is 5.10. The fourth-order valence-electron chi connectivity index (χ4n) is 1.16. The third kappa shape index (κ3) is 2.77. The second-order valence-electron chi connectivity index (χ2n) is 2.94. The number of aliphatic hydroxyl groups is 3. The van der Waals surface area contributed by atoms with Gasteiger partial charge in [0.25, 0.3) is 0 Å². The van der Waals surface area contributed by atoms with Gasteiger partial charge in [-0.15, -0.1) is 0 Å². The molecule has 68 valence electrons. The highest BCUT2D eigenvalue weighted by atomic mass is 16.4. The van der Waals surface area contributed by atoms with Crippen LogP contribution in [0.2, 0.25) is 0 Å². The summed E-state index contributed by atoms with van der Waals surface area (Å²) in [6.45, 7) is 3.32. The normalized spacial score (nSPS) is 19.4. The second-order valence-corrected chi connectivity index (χ2v) is 2.94. The quantitative estimate of drug-likeness (QED) is 0.544. The van der Waals surface area contributed by atoms with E-state index in [1.807, 2.05) is 6.92 Å². The van der Waals surface area contributed by atoms with E-state index in [2.05, 4.69) is 0 Å². The minimum atomic E-state index is -1.29. The largest absolute Gasteiger partial charge is 0.393 e. The molecule has 0 aromatic heterocycles. The van der Waals surface area contributed by atoms with Crippen molar-refractivity contribution in [2.45, 2.75) is 44.8 Å². The summed E-state index contributed by atoms with van der Waals surface area (Å²) in [6, 6.07) is 0. The average Bonchev–Trinajstić information content (AvgIpc) is 2.03. The lowest BCUT2D eigenvalue weighted by atomic mass is 9.91. The maximum Gasteiger partial charge on any atom is 0.113 e. The van der Waals surface area contributed by atoms with Crippen molar-refractivity contribution in [3.63, 3.8) is 0 Å². The van der Waals surface area contributed by atoms with Crippen LogP contribution in [0.3, 0.4) is 0 Å². The van der Waals surface area contributed by atoms with E-state index in [9.17, 15) is 10.2 Å². The molecule has 0 spiro atoms. The molecule has 0 saturated carbocycles. The van der Waals surface area contributed by atoms with E-state index >= 15 is 0 Å². The summed E-state index contributed by atoms with van der Waals surface area (Å²) < 4.78 is 0. The van der Waals surface area contributed by atoms with Gasteiger partial charge in [-0.2, -0.15) is 0 Å². The Bertz CT molecular complexity index is 106. The van der Waals surface area contributed by atoms with E-state index in [1.54, 1.807) is 6.92 Å². The third-order valence-corrected chi connectivity index (χ3v) is 1.96. The van der Waals surface area contributed by atoms with Crippen LogP contribution in [0.4, 0.5) is 0 Å². The van der Waals surface area contributed by atoms with Crippen LogP contribution in [0.5, 0.6) is 0 Å². The van der Waals surface area contributed by atoms with E-state index in [0.717, 1.165) is 6.42 Å². The van der Waals surface area contributed by atoms with Crippen molar-refractivity contribution in [3.8, 4) is 0 Å². The molecular formula is C8H18O3. The first-order valence-electron chi connectivity index (χ1n) is 4.12. The Morgan fingerprint density at radius 2 is 1.91 bits per heavy atom. The maximum atomic E-state index is 9.59. The highest BCUT2D eigenvalue weighted by molar-refractivity contribution is 4.84. The molecule has 0 radical (unpaired) electrons. The van der Waals surface area contributed by atoms with E-state index in [-0.39, 0.29) is 6.61 Å². The lowest BCUT2D eigenvalue weighted by Crippen LogP contribution is -2.45. The van der Waals surface area contributed by atoms with Gasteiger partial charge in [0, 0.05) is 0 Å². The fourth-order valence-corrected chi connectivity index (χ4v) is 1.16. The predicted octanol–water partition coefficient (Wildman–Crippen LogP) is 0.281. The molecule has 0 rings (SSSR count). The lowest BCUT2D eigenvalue weighted by Gasteiger charge is -2.30. The summed E-state index contributed by atoms with van der Waals surface area (Å²) in [5, 5.41) is 27.7. The van der Waals surface area contributed by atoms with Crippen molar-refractivity contribution >= 4 is 0 Å². The van der Waals surface area contributed by atoms with Gasteiger partial charge in [0.05, 0.1) is 12.7 Å². The molecular weight excluding hydrogens is 144 g/mol. The molecule has 0 heterocycles. The number of hydrogen-bond donors (Lipinski definition) is 3. The summed E-state index contributed by atoms with van der Waals surface area (Å²) in [5.74, 6) is 0. The zero-order valence-electron chi connectivity index (χ0n) is 7.25. The topological polar surface area (TPSA) is 60.7 Å². The van der Waals surface area contributed by atoms with Gasteiger partial charge in [-0.1, -0.05) is 20.3 Å². The third-order valence-electron chi connectivity index (χ3n) is 1.96. The lowest BCUT2D eigenvalue weighted by molar-refractivity contribution is -0.111. The summed E-state index contributed by atoms with van der Waals surface area (Å²) in [7, 11) is 0. The van der Waals surface area contributed by atoms with E-state index in [4.69, 9.17) is 5.11 Å². The van der Waals surface area contributed by atoms with Crippen LogP contribution in [-0.4, -0.2) is 33.6 Å². The van der Waals surface area contributed by atoms with Gasteiger partial charge in [-0.05, 0) is 12.8 Å². The Morgan fingerprint density at radius 1 is 1.36 bits per heavy atom. The Balaban J connectivity index is 4.07. The van der Waals surface area contributed by atoms with Crippen LogP contribution in [0.1, 0.15) is 33.1 Å². The molecule has 0 aromatic rings. The van der Waals surface area contributed by atoms with Crippen molar-refractivity contribution in [1.82, 2.24) is 0 Å². The average molecular weight is 162 g/mol. The molecule has 0 aromatic carbocycles. The number of hydrogen-bond acceptors (Lipinski definition) is 3. The van der Waals surface area contributed by atoms with Crippen LogP contribution in [0.25, 0.3) is 0 Å². The monoisotopic (exact) mass is 162 g/mol. The number of rotatable bonds is 5. The molecule has 11 heavy (non-hydrogen) atoms. The zero-order valence-corrected chi connectivity index (χ0v) is 7.25. The SMILES string of the molecule is CCCC(O)(CO)C(O)CC. The predicted molar refractivity (Wildman–Crippen MR) is 43.2 cm³/mol. The van der Waals surface area contributed by atoms with Crippen molar-refractivity contribution in [1.29, 1.82) is 0 Å². The summed E-state index contributed by atoms with van der Waals surface area (Å²) in [6.07, 6.45) is 0.858. The Morgan fingerprint density at radius 3 is 2.18 bits per heavy atom. The van der Waals surface area contributed by atoms with Crippen LogP contribution in [0.15, 0.2) is 0 Å². The summed E-state index contributed by atoms with van der Waals surface area (Å²) >= 11 is 0. The Kier molecular flexibility index (Phi) is 4.65. The number of aliphatic hydroxyl groups excluding tert-OH is 2. The molecule has 0 saturated heterocycles. The molecule has 0 fully saturated rings. The smallest absolute Gasteiger partial charge is 0.113 e. The standard InChI is InChI=1S/C8H18O3/c1-3-5-8(11,6-9)7(10)4-2/h7,9-11H,3-6H2,1-2H3. The molecule has 0 aliphatic rings. The van der Waals surface area contributed by atoms with Crippen molar-refractivity contribution < 1.29 is 15.3 Å². The highest BCUT2D eigenvalue weighted by Gasteiger charge is 2.32. The minimum Gasteiger partial charge on any atom is -0.393 e. The molecule has 2 atom stereocenters. The first-order valence-corrected chi connectivity index (χ1v) is 4.12. The van der Waals surface area contributed by atoms with Crippen LogP contribution < -0.4 is 0 Å². The van der Waals surface area contributed by atoms with Gasteiger partial charge >= 0.3 is 0 Å². The highest BCUT2D eigenvalue weighted by Crippen LogP contribution is 2.18. The molecule has 0 aliphatic carbocycles. The molecule has 3 N–H and O–H groups in total. The molecule has 0 aliphatic heterocycles. The summed E-state index contributed by atoms with van der Waals surface area (Å²) in [4.78, 5) is 0. The molecule has 2 unspecified atom stereocenters. The molecule has 3 nitrogen and oxygen atoms in total. The molecule has 0 bridgehead atoms. The van der Waals surface area contributed by atoms with Crippen molar-refractivity contribution in [2.75, 3.05) is 6.61 Å². The van der Waals surface area contributed by atoms with E-state index < -0.39 is 11.7 Å². The van der Waals surface area contributed by atoms with Gasteiger partial charge in [0.2, 0.25) is 0 Å². The van der Waals surface area contributed by atoms with Gasteiger partial charge in [0.1, 0.15) is 5.60 Å². The fraction of sp³-hybridized carbons (Fsp3) is 1.00. The summed E-state index contributed by atoms with van der Waals surface area (Å²) in [5.41, 5.74) is -1.29. The molecule has 0 amide bonds. The van der Waals surface area contributed by atoms with Crippen LogP contribution >= 0.6 is 0 Å². The van der Waals surface area contributed by atoms with Crippen molar-refractivity contribution in [3.05, 3.63) is 0 Å². The first kappa shape index (κ1) is 10.9. The Hall–Kier alpha value is -0.120. The van der Waals surface area contributed by atoms with Crippen molar-refractivity contribution in [2.24, 2.45) is 0 Å². The van der Waals surface area contributed by atoms with Crippen LogP contribution in [0, 0.1) is 0 Å². The van der Waals surface area contributed by atoms with Gasteiger partial charge < -0.3 is 15.3 Å². The maximum absolute atomic E-state index is 9.59. The minimum absolute atomic E-state index is 0.365. The Labute approximate surface area is 67.7 Å². The zero-order chi connectivity index (χ0) is 8.91. The van der Waals surface area contributed by atoms with E-state index in [0.29, 0.717) is 12.8 Å². The molecule has 3 heteroatoms. The van der Waals surface area contributed by atoms with Gasteiger partial charge in [0.15, 0.2) is 0 Å². The van der Waals surface area contributed by atoms with Gasteiger partial charge in [-0.25, -0.2) is 0 Å². The van der Waals surface area contributed by atoms with E-state index in [1.165, 1.54) is 0 Å². The van der Waals surface area contributed by atoms with Crippen LogP contribution in [-0.2, 0) is 0 Å². The van der Waals surface area contributed by atoms with Gasteiger partial charge in [-0.3, -0.25) is 0 Å².